The number of nitrogens with two attached hydrogens (primary N) is 2. The zero-order valence-corrected chi connectivity index (χ0v) is 16.8. The third-order valence-corrected chi connectivity index (χ3v) is 2.79. The van der Waals surface area contributed by atoms with Crippen molar-refractivity contribution < 1.29 is 4.74 Å². The summed E-state index contributed by atoms with van der Waals surface area (Å²) in [5.41, 5.74) is 14.0. The highest BCUT2D eigenvalue weighted by Gasteiger charge is 2.10. The first-order valence-electron chi connectivity index (χ1n) is 5.67. The van der Waals surface area contributed by atoms with Crippen molar-refractivity contribution in [3.05, 3.63) is 28.8 Å². The van der Waals surface area contributed by atoms with Crippen molar-refractivity contribution in [3.63, 3.8) is 0 Å². The second-order valence-electron chi connectivity index (χ2n) is 4.05. The van der Waals surface area contributed by atoms with Gasteiger partial charge < -0.3 is 26.8 Å². The first-order valence-corrected chi connectivity index (χ1v) is 6.48. The van der Waals surface area contributed by atoms with Crippen LogP contribution in [0, 0.1) is 6.92 Å². The summed E-state index contributed by atoms with van der Waals surface area (Å²) in [5, 5.41) is 6.34. The molecule has 0 radical (unpaired) electrons. The molecule has 0 amide bonds. The van der Waals surface area contributed by atoms with Crippen molar-refractivity contribution in [1.82, 2.24) is 10.6 Å². The lowest BCUT2D eigenvalue weighted by Gasteiger charge is -2.16. The molecule has 6 N–H and O–H groups in total. The summed E-state index contributed by atoms with van der Waals surface area (Å²) in [5.74, 6) is 0.776. The number of benzene rings is 1. The van der Waals surface area contributed by atoms with Crippen LogP contribution >= 0.6 is 58.4 Å². The molecule has 0 aliphatic carbocycles. The van der Waals surface area contributed by atoms with E-state index in [1.165, 1.54) is 0 Å². The second kappa shape index (κ2) is 11.0. The van der Waals surface area contributed by atoms with Crippen molar-refractivity contribution in [2.75, 3.05) is 7.11 Å². The molecule has 0 saturated heterocycles. The van der Waals surface area contributed by atoms with Gasteiger partial charge in [-0.2, -0.15) is 0 Å². The van der Waals surface area contributed by atoms with E-state index in [1.807, 2.05) is 19.1 Å². The molecular weight excluding hydrogens is 440 g/mol. The third-order valence-electron chi connectivity index (χ3n) is 2.50. The maximum atomic E-state index is 5.45. The van der Waals surface area contributed by atoms with Crippen LogP contribution in [0.5, 0.6) is 5.75 Å². The normalized spacial score (nSPS) is 8.86. The molecule has 9 heteroatoms. The highest BCUT2D eigenvalue weighted by Crippen LogP contribution is 2.25. The van der Waals surface area contributed by atoms with E-state index in [0.717, 1.165) is 22.4 Å². The maximum Gasteiger partial charge on any atom is 0.163 e. The van der Waals surface area contributed by atoms with Crippen LogP contribution < -0.4 is 26.8 Å². The minimum absolute atomic E-state index is 0. The lowest BCUT2D eigenvalue weighted by molar-refractivity contribution is 0.403. The zero-order chi connectivity index (χ0) is 14.4. The number of nitrogens with one attached hydrogen (secondary N) is 2. The van der Waals surface area contributed by atoms with E-state index in [9.17, 15) is 0 Å². The highest BCUT2D eigenvalue weighted by molar-refractivity contribution is 8.93. The molecule has 1 aromatic rings. The number of hydrogen-bond donors (Lipinski definition) is 4. The molecule has 0 saturated carbocycles. The third kappa shape index (κ3) is 7.79. The Bertz CT molecular complexity index is 461. The van der Waals surface area contributed by atoms with Gasteiger partial charge in [-0.05, 0) is 31.4 Å². The molecule has 0 atom stereocenters. The van der Waals surface area contributed by atoms with E-state index in [1.54, 1.807) is 7.11 Å². The number of aryl methyl sites for hydroxylation is 1. The molecule has 0 aliphatic heterocycles. The van der Waals surface area contributed by atoms with Crippen LogP contribution in [0.1, 0.15) is 16.7 Å². The van der Waals surface area contributed by atoms with Gasteiger partial charge >= 0.3 is 0 Å². The fourth-order valence-corrected chi connectivity index (χ4v) is 1.96. The standard InChI is InChI=1S/C12H18N4OS2.2BrH/c1-7-3-8(5-15-11(13)18)10(17-2)9(4-7)6-16-12(14)19;;/h3-4H,5-6H2,1-2H3,(H3,13,15,18)(H3,14,16,19);2*1H. The predicted molar refractivity (Wildman–Crippen MR) is 106 cm³/mol. The van der Waals surface area contributed by atoms with Crippen molar-refractivity contribution in [2.45, 2.75) is 20.0 Å². The topological polar surface area (TPSA) is 85.3 Å². The molecule has 1 rings (SSSR count). The van der Waals surface area contributed by atoms with Crippen molar-refractivity contribution in [3.8, 4) is 5.75 Å². The van der Waals surface area contributed by atoms with Gasteiger partial charge in [0.15, 0.2) is 10.2 Å². The molecule has 0 aromatic heterocycles. The minimum Gasteiger partial charge on any atom is -0.496 e. The number of hydrogen-bond acceptors (Lipinski definition) is 3. The number of rotatable bonds is 5. The lowest BCUT2D eigenvalue weighted by atomic mass is 10.0. The van der Waals surface area contributed by atoms with Crippen LogP contribution in [0.2, 0.25) is 0 Å². The van der Waals surface area contributed by atoms with Crippen LogP contribution in [-0.2, 0) is 13.1 Å². The van der Waals surface area contributed by atoms with Gasteiger partial charge in [0.05, 0.1) is 7.11 Å². The van der Waals surface area contributed by atoms with Crippen LogP contribution in [0.3, 0.4) is 0 Å². The van der Waals surface area contributed by atoms with Crippen LogP contribution in [0.25, 0.3) is 0 Å². The molecule has 0 aliphatic rings. The molecule has 120 valence electrons. The first-order chi connectivity index (χ1) is 8.93. The van der Waals surface area contributed by atoms with E-state index in [0.29, 0.717) is 13.1 Å². The minimum atomic E-state index is 0. The molecule has 0 heterocycles. The van der Waals surface area contributed by atoms with E-state index in [4.69, 9.17) is 40.6 Å². The van der Waals surface area contributed by atoms with Gasteiger partial charge in [0, 0.05) is 24.2 Å². The fraction of sp³-hybridized carbons (Fsp3) is 0.333. The van der Waals surface area contributed by atoms with Gasteiger partial charge in [-0.15, -0.1) is 34.0 Å². The van der Waals surface area contributed by atoms with Crippen molar-refractivity contribution in [1.29, 1.82) is 0 Å². The number of halogens is 2. The Balaban J connectivity index is 0. The average molecular weight is 460 g/mol. The molecule has 0 bridgehead atoms. The number of ether oxygens (including phenoxy) is 1. The van der Waals surface area contributed by atoms with Crippen LogP contribution in [0.4, 0.5) is 0 Å². The SMILES string of the molecule is Br.Br.COc1c(CNC(N)=S)cc(C)cc1CNC(N)=S. The Labute approximate surface area is 156 Å². The first kappa shape index (κ1) is 22.6. The predicted octanol–water partition coefficient (Wildman–Crippen LogP) is 1.83. The summed E-state index contributed by atoms with van der Waals surface area (Å²) in [6.07, 6.45) is 0. The van der Waals surface area contributed by atoms with Crippen molar-refractivity contribution in [2.24, 2.45) is 11.5 Å². The van der Waals surface area contributed by atoms with E-state index >= 15 is 0 Å². The lowest BCUT2D eigenvalue weighted by Crippen LogP contribution is -2.29. The molecule has 21 heavy (non-hydrogen) atoms. The summed E-state index contributed by atoms with van der Waals surface area (Å²) in [4.78, 5) is 0. The molecule has 5 nitrogen and oxygen atoms in total. The van der Waals surface area contributed by atoms with Crippen LogP contribution in [0.15, 0.2) is 12.1 Å². The monoisotopic (exact) mass is 458 g/mol. The van der Waals surface area contributed by atoms with Crippen molar-refractivity contribution >= 4 is 68.6 Å². The fourth-order valence-electron chi connectivity index (χ4n) is 1.82. The molecule has 0 unspecified atom stereocenters. The van der Waals surface area contributed by atoms with Gasteiger partial charge in [-0.3, -0.25) is 0 Å². The average Bonchev–Trinajstić information content (AvgIpc) is 2.33. The highest BCUT2D eigenvalue weighted by atomic mass is 79.9. The summed E-state index contributed by atoms with van der Waals surface area (Å²) in [7, 11) is 1.62. The molecule has 0 spiro atoms. The Morgan fingerprint density at radius 2 is 1.43 bits per heavy atom. The zero-order valence-electron chi connectivity index (χ0n) is 11.8. The maximum absolute atomic E-state index is 5.45. The Morgan fingerprint density at radius 1 is 1.05 bits per heavy atom. The van der Waals surface area contributed by atoms with Crippen LogP contribution in [-0.4, -0.2) is 17.3 Å². The Hall–Kier alpha value is -0.640. The van der Waals surface area contributed by atoms with Gasteiger partial charge in [0.2, 0.25) is 0 Å². The van der Waals surface area contributed by atoms with Gasteiger partial charge in [-0.1, -0.05) is 17.7 Å². The summed E-state index contributed by atoms with van der Waals surface area (Å²) in [6.45, 7) is 3.04. The largest absolute Gasteiger partial charge is 0.496 e. The van der Waals surface area contributed by atoms with E-state index in [-0.39, 0.29) is 44.2 Å². The molecule has 1 aromatic carbocycles. The van der Waals surface area contributed by atoms with E-state index < -0.39 is 0 Å². The number of thiocarbonyl (C=S) groups is 2. The smallest absolute Gasteiger partial charge is 0.163 e. The summed E-state index contributed by atoms with van der Waals surface area (Å²) >= 11 is 9.61. The Kier molecular flexibility index (Phi) is 11.9. The quantitative estimate of drug-likeness (QED) is 0.499. The van der Waals surface area contributed by atoms with Gasteiger partial charge in [0.25, 0.3) is 0 Å². The molecular formula is C12H20Br2N4OS2. The van der Waals surface area contributed by atoms with E-state index in [2.05, 4.69) is 10.6 Å². The number of methoxy groups -OCH3 is 1. The Morgan fingerprint density at radius 3 is 1.71 bits per heavy atom. The summed E-state index contributed by atoms with van der Waals surface area (Å²) < 4.78 is 5.45. The summed E-state index contributed by atoms with van der Waals surface area (Å²) in [6, 6.07) is 4.04. The second-order valence-corrected chi connectivity index (χ2v) is 4.93. The van der Waals surface area contributed by atoms with Gasteiger partial charge in [0.1, 0.15) is 5.75 Å². The van der Waals surface area contributed by atoms with Gasteiger partial charge in [-0.25, -0.2) is 0 Å². The molecule has 0 fully saturated rings.